The second-order valence-electron chi connectivity index (χ2n) is 9.33. The van der Waals surface area contributed by atoms with Gasteiger partial charge in [0.1, 0.15) is 0 Å². The number of aliphatic hydroxyl groups is 2. The molecule has 0 radical (unpaired) electrons. The van der Waals surface area contributed by atoms with Crippen molar-refractivity contribution in [2.75, 3.05) is 13.6 Å². The fourth-order valence-corrected chi connectivity index (χ4v) is 4.50. The molecular weight excluding hydrogens is 440 g/mol. The number of benzene rings is 3. The smallest absolute Gasteiger partial charge is 0.184 e. The van der Waals surface area contributed by atoms with E-state index >= 15 is 0 Å². The van der Waals surface area contributed by atoms with Gasteiger partial charge < -0.3 is 25.4 Å². The Balaban J connectivity index is 1.51. The fourth-order valence-electron chi connectivity index (χ4n) is 4.50. The molecule has 1 heterocycles. The summed E-state index contributed by atoms with van der Waals surface area (Å²) in [5, 5.41) is 20.3. The van der Waals surface area contributed by atoms with Crippen LogP contribution in [0.3, 0.4) is 0 Å². The Labute approximate surface area is 207 Å². The van der Waals surface area contributed by atoms with Crippen molar-refractivity contribution in [3.63, 3.8) is 0 Å². The van der Waals surface area contributed by atoms with E-state index in [1.165, 1.54) is 0 Å². The molecule has 1 aliphatic rings. The van der Waals surface area contributed by atoms with E-state index in [0.29, 0.717) is 19.5 Å². The van der Waals surface area contributed by atoms with Gasteiger partial charge in [0, 0.05) is 31.1 Å². The highest BCUT2D eigenvalue weighted by molar-refractivity contribution is 5.26. The van der Waals surface area contributed by atoms with Crippen molar-refractivity contribution in [2.24, 2.45) is 5.73 Å². The highest BCUT2D eigenvalue weighted by Crippen LogP contribution is 2.38. The van der Waals surface area contributed by atoms with Crippen LogP contribution in [0.25, 0.3) is 0 Å². The van der Waals surface area contributed by atoms with E-state index in [4.69, 9.17) is 15.2 Å². The summed E-state index contributed by atoms with van der Waals surface area (Å²) in [6.07, 6.45) is -0.661. The molecule has 35 heavy (non-hydrogen) atoms. The van der Waals surface area contributed by atoms with E-state index in [-0.39, 0.29) is 24.9 Å². The fraction of sp³-hybridized carbons (Fsp3) is 0.379. The van der Waals surface area contributed by atoms with E-state index in [1.807, 2.05) is 92.8 Å². The van der Waals surface area contributed by atoms with E-state index in [0.717, 1.165) is 27.8 Å². The number of ether oxygens (including phenoxy) is 2. The van der Waals surface area contributed by atoms with Gasteiger partial charge in [-0.15, -0.1) is 0 Å². The second kappa shape index (κ2) is 11.9. The van der Waals surface area contributed by atoms with Crippen molar-refractivity contribution in [3.8, 4) is 0 Å². The molecule has 4 rings (SSSR count). The first kappa shape index (κ1) is 25.5. The van der Waals surface area contributed by atoms with Gasteiger partial charge in [-0.25, -0.2) is 0 Å². The molecule has 5 atom stereocenters. The Kier molecular flexibility index (Phi) is 8.68. The van der Waals surface area contributed by atoms with Crippen molar-refractivity contribution >= 4 is 0 Å². The molecule has 0 spiro atoms. The standard InChI is InChI=1S/C29H36N2O4/c1-20(28(33)24-6-4-3-5-7-24)31(2)18-26-16-27(23-12-10-22(19-32)11-13-23)35-29(34-26)25-14-8-21(17-30)9-15-25/h3-15,20,26-29,32-33H,16-19,30H2,1-2H3/t20-,26-,27+,28-,29+/m1/s1. The van der Waals surface area contributed by atoms with Gasteiger partial charge in [-0.2, -0.15) is 0 Å². The highest BCUT2D eigenvalue weighted by Gasteiger charge is 2.34. The van der Waals surface area contributed by atoms with Crippen molar-refractivity contribution in [1.82, 2.24) is 4.90 Å². The van der Waals surface area contributed by atoms with Gasteiger partial charge in [0.15, 0.2) is 6.29 Å². The summed E-state index contributed by atoms with van der Waals surface area (Å²) in [5.74, 6) is 0. The summed E-state index contributed by atoms with van der Waals surface area (Å²) in [4.78, 5) is 2.15. The molecule has 3 aromatic rings. The molecule has 0 aliphatic carbocycles. The average Bonchev–Trinajstić information content (AvgIpc) is 2.92. The van der Waals surface area contributed by atoms with Crippen molar-refractivity contribution in [3.05, 3.63) is 107 Å². The summed E-state index contributed by atoms with van der Waals surface area (Å²) in [6, 6.07) is 25.6. The lowest BCUT2D eigenvalue weighted by Gasteiger charge is -2.39. The van der Waals surface area contributed by atoms with E-state index in [2.05, 4.69) is 4.90 Å². The zero-order chi connectivity index (χ0) is 24.8. The van der Waals surface area contributed by atoms with Gasteiger partial charge in [-0.05, 0) is 36.2 Å². The topological polar surface area (TPSA) is 88.2 Å². The molecule has 186 valence electrons. The van der Waals surface area contributed by atoms with E-state index in [1.54, 1.807) is 0 Å². The summed E-state index contributed by atoms with van der Waals surface area (Å²) in [6.45, 7) is 3.18. The van der Waals surface area contributed by atoms with Gasteiger partial charge in [0.05, 0.1) is 24.9 Å². The molecule has 0 aromatic heterocycles. The molecule has 1 fully saturated rings. The van der Waals surface area contributed by atoms with Crippen molar-refractivity contribution in [1.29, 1.82) is 0 Å². The SMILES string of the molecule is C[C@H]([C@@H](O)c1ccccc1)N(C)C[C@H]1C[C@@H](c2ccc(CO)cc2)O[C@@H](c2ccc(CN)cc2)O1. The molecule has 1 aliphatic heterocycles. The number of nitrogens with zero attached hydrogens (tertiary/aromatic N) is 1. The summed E-state index contributed by atoms with van der Waals surface area (Å²) < 4.78 is 12.8. The molecule has 0 amide bonds. The summed E-state index contributed by atoms with van der Waals surface area (Å²) in [7, 11) is 2.02. The van der Waals surface area contributed by atoms with Gasteiger partial charge in [0.25, 0.3) is 0 Å². The van der Waals surface area contributed by atoms with Crippen molar-refractivity contribution < 1.29 is 19.7 Å². The quantitative estimate of drug-likeness (QED) is 0.428. The predicted octanol–water partition coefficient (Wildman–Crippen LogP) is 4.24. The van der Waals surface area contributed by atoms with Crippen LogP contribution in [0.1, 0.15) is 59.7 Å². The first-order chi connectivity index (χ1) is 17.0. The second-order valence-corrected chi connectivity index (χ2v) is 9.33. The lowest BCUT2D eigenvalue weighted by molar-refractivity contribution is -0.253. The first-order valence-corrected chi connectivity index (χ1v) is 12.2. The number of hydrogen-bond donors (Lipinski definition) is 3. The summed E-state index contributed by atoms with van der Waals surface area (Å²) >= 11 is 0. The minimum atomic E-state index is -0.595. The van der Waals surface area contributed by atoms with E-state index in [9.17, 15) is 10.2 Å². The van der Waals surface area contributed by atoms with Crippen LogP contribution in [-0.2, 0) is 22.6 Å². The third-order valence-corrected chi connectivity index (χ3v) is 6.89. The van der Waals surface area contributed by atoms with Gasteiger partial charge in [-0.3, -0.25) is 4.90 Å². The van der Waals surface area contributed by atoms with Crippen LogP contribution in [0.4, 0.5) is 0 Å². The van der Waals surface area contributed by atoms with Crippen molar-refractivity contribution in [2.45, 2.75) is 57.1 Å². The maximum atomic E-state index is 10.9. The third-order valence-electron chi connectivity index (χ3n) is 6.89. The van der Waals surface area contributed by atoms with Gasteiger partial charge >= 0.3 is 0 Å². The molecule has 0 bridgehead atoms. The van der Waals surface area contributed by atoms with Gasteiger partial charge in [0.2, 0.25) is 0 Å². The number of aliphatic hydroxyl groups excluding tert-OH is 2. The zero-order valence-corrected chi connectivity index (χ0v) is 20.5. The van der Waals surface area contributed by atoms with Crippen LogP contribution in [0.5, 0.6) is 0 Å². The van der Waals surface area contributed by atoms with Crippen LogP contribution < -0.4 is 5.73 Å². The predicted molar refractivity (Wildman–Crippen MR) is 136 cm³/mol. The van der Waals surface area contributed by atoms with Crippen LogP contribution >= 0.6 is 0 Å². The lowest BCUT2D eigenvalue weighted by atomic mass is 9.98. The molecule has 1 saturated heterocycles. The molecule has 0 unspecified atom stereocenters. The lowest BCUT2D eigenvalue weighted by Crippen LogP contribution is -2.43. The van der Waals surface area contributed by atoms with Crippen LogP contribution in [0.15, 0.2) is 78.9 Å². The largest absolute Gasteiger partial charge is 0.392 e. The number of rotatable bonds is 9. The Bertz CT molecular complexity index is 987. The summed E-state index contributed by atoms with van der Waals surface area (Å²) in [5.41, 5.74) is 10.6. The Morgan fingerprint density at radius 1 is 0.914 bits per heavy atom. The Morgan fingerprint density at radius 2 is 1.54 bits per heavy atom. The molecule has 3 aromatic carbocycles. The number of likely N-dealkylation sites (N-methyl/N-ethyl adjacent to an activating group) is 1. The average molecular weight is 477 g/mol. The third kappa shape index (κ3) is 6.35. The van der Waals surface area contributed by atoms with Crippen LogP contribution in [0.2, 0.25) is 0 Å². The Hall–Kier alpha value is -2.58. The molecule has 6 nitrogen and oxygen atoms in total. The maximum absolute atomic E-state index is 10.9. The Morgan fingerprint density at radius 3 is 2.17 bits per heavy atom. The minimum absolute atomic E-state index is 0.0140. The highest BCUT2D eigenvalue weighted by atomic mass is 16.7. The number of hydrogen-bond acceptors (Lipinski definition) is 6. The normalized spacial score (nSPS) is 22.2. The maximum Gasteiger partial charge on any atom is 0.184 e. The minimum Gasteiger partial charge on any atom is -0.392 e. The van der Waals surface area contributed by atoms with E-state index < -0.39 is 12.4 Å². The molecule has 0 saturated carbocycles. The molecular formula is C29H36N2O4. The molecule has 4 N–H and O–H groups in total. The number of nitrogens with two attached hydrogens (primary N) is 1. The van der Waals surface area contributed by atoms with Crippen LogP contribution in [-0.4, -0.2) is 40.9 Å². The molecule has 6 heteroatoms. The van der Waals surface area contributed by atoms with Crippen LogP contribution in [0, 0.1) is 0 Å². The first-order valence-electron chi connectivity index (χ1n) is 12.2. The van der Waals surface area contributed by atoms with Gasteiger partial charge in [-0.1, -0.05) is 78.9 Å². The zero-order valence-electron chi connectivity index (χ0n) is 20.5. The monoisotopic (exact) mass is 476 g/mol.